The first-order chi connectivity index (χ1) is 10.1. The first kappa shape index (κ1) is 15.6. The van der Waals surface area contributed by atoms with Gasteiger partial charge in [-0.1, -0.05) is 19.1 Å². The third-order valence-electron chi connectivity index (χ3n) is 4.10. The average molecular weight is 287 g/mol. The van der Waals surface area contributed by atoms with Gasteiger partial charge in [0, 0.05) is 5.56 Å². The fraction of sp³-hybridized carbons (Fsp3) is 0.500. The molecule has 2 rings (SSSR count). The summed E-state index contributed by atoms with van der Waals surface area (Å²) in [6.07, 6.45) is 6.03. The van der Waals surface area contributed by atoms with Crippen molar-refractivity contribution in [3.8, 4) is 0 Å². The number of carbonyl (C=O) groups excluding carboxylic acids is 1. The molecule has 1 aromatic rings. The summed E-state index contributed by atoms with van der Waals surface area (Å²) in [7, 11) is 0. The zero-order valence-corrected chi connectivity index (χ0v) is 13.2. The first-order valence-electron chi connectivity index (χ1n) is 7.84. The molecular formula is C18H25NO2. The van der Waals surface area contributed by atoms with Gasteiger partial charge in [0.05, 0.1) is 11.8 Å². The lowest BCUT2D eigenvalue weighted by atomic mass is 10.1. The molecule has 1 fully saturated rings. The summed E-state index contributed by atoms with van der Waals surface area (Å²) in [5.74, 6) is 0.741. The first-order valence-corrected chi connectivity index (χ1v) is 7.84. The molecule has 1 amide bonds. The number of rotatable bonds is 5. The molecule has 0 bridgehead atoms. The van der Waals surface area contributed by atoms with Gasteiger partial charge < -0.3 is 10.1 Å². The van der Waals surface area contributed by atoms with Crippen molar-refractivity contribution in [2.24, 2.45) is 0 Å². The summed E-state index contributed by atoms with van der Waals surface area (Å²) in [4.78, 5) is 12.2. The summed E-state index contributed by atoms with van der Waals surface area (Å²) in [5.41, 5.74) is 2.71. The molecule has 0 saturated heterocycles. The highest BCUT2D eigenvalue weighted by atomic mass is 16.5. The van der Waals surface area contributed by atoms with Crippen molar-refractivity contribution in [1.29, 1.82) is 0 Å². The lowest BCUT2D eigenvalue weighted by Gasteiger charge is -2.16. The minimum absolute atomic E-state index is 0.0791. The number of carbonyl (C=O) groups is 1. The van der Waals surface area contributed by atoms with Crippen LogP contribution in [0.1, 0.15) is 62.4 Å². The summed E-state index contributed by atoms with van der Waals surface area (Å²) < 4.78 is 5.91. The fourth-order valence-corrected chi connectivity index (χ4v) is 2.57. The van der Waals surface area contributed by atoms with Crippen LogP contribution in [0.2, 0.25) is 0 Å². The number of hydrogen-bond acceptors (Lipinski definition) is 2. The van der Waals surface area contributed by atoms with Crippen LogP contribution in [0.5, 0.6) is 0 Å². The third-order valence-corrected chi connectivity index (χ3v) is 4.10. The van der Waals surface area contributed by atoms with Gasteiger partial charge in [0.2, 0.25) is 0 Å². The number of aryl methyl sites for hydroxylation is 1. The largest absolute Gasteiger partial charge is 0.493 e. The number of hydrogen-bond donors (Lipinski definition) is 1. The van der Waals surface area contributed by atoms with Crippen LogP contribution in [0, 0.1) is 0 Å². The number of ether oxygens (including phenoxy) is 1. The maximum absolute atomic E-state index is 12.2. The van der Waals surface area contributed by atoms with E-state index in [1.54, 1.807) is 0 Å². The molecular weight excluding hydrogens is 262 g/mol. The van der Waals surface area contributed by atoms with Crippen molar-refractivity contribution >= 4 is 5.91 Å². The maximum Gasteiger partial charge on any atom is 0.255 e. The Morgan fingerprint density at radius 1 is 1.19 bits per heavy atom. The highest BCUT2D eigenvalue weighted by Gasteiger charge is 2.17. The van der Waals surface area contributed by atoms with E-state index in [9.17, 15) is 4.79 Å². The van der Waals surface area contributed by atoms with E-state index in [0.29, 0.717) is 11.7 Å². The van der Waals surface area contributed by atoms with Gasteiger partial charge in [-0.05, 0) is 63.6 Å². The summed E-state index contributed by atoms with van der Waals surface area (Å²) >= 11 is 0. The SMILES string of the molecule is CCc1ccc(C(=O)N/C(C)=C(/C)OC2CCCC2)cc1. The Labute approximate surface area is 127 Å². The van der Waals surface area contributed by atoms with Crippen LogP contribution < -0.4 is 5.32 Å². The van der Waals surface area contributed by atoms with Crippen molar-refractivity contribution in [2.75, 3.05) is 0 Å². The number of benzene rings is 1. The second-order valence-electron chi connectivity index (χ2n) is 5.71. The Bertz CT molecular complexity index is 511. The predicted molar refractivity (Wildman–Crippen MR) is 85.0 cm³/mol. The second kappa shape index (κ2) is 7.30. The van der Waals surface area contributed by atoms with Crippen LogP contribution in [0.15, 0.2) is 35.7 Å². The monoisotopic (exact) mass is 287 g/mol. The molecule has 21 heavy (non-hydrogen) atoms. The van der Waals surface area contributed by atoms with E-state index in [1.165, 1.54) is 18.4 Å². The van der Waals surface area contributed by atoms with Crippen LogP contribution in [-0.2, 0) is 11.2 Å². The third kappa shape index (κ3) is 4.35. The van der Waals surface area contributed by atoms with E-state index < -0.39 is 0 Å². The van der Waals surface area contributed by atoms with E-state index in [1.807, 2.05) is 38.1 Å². The van der Waals surface area contributed by atoms with Gasteiger partial charge in [-0.25, -0.2) is 0 Å². The van der Waals surface area contributed by atoms with Crippen molar-refractivity contribution < 1.29 is 9.53 Å². The Balaban J connectivity index is 1.96. The summed E-state index contributed by atoms with van der Waals surface area (Å²) in [6, 6.07) is 7.73. The lowest BCUT2D eigenvalue weighted by Crippen LogP contribution is -2.23. The number of nitrogens with one attached hydrogen (secondary N) is 1. The van der Waals surface area contributed by atoms with E-state index in [2.05, 4.69) is 12.2 Å². The van der Waals surface area contributed by atoms with Gasteiger partial charge >= 0.3 is 0 Å². The molecule has 1 aliphatic rings. The van der Waals surface area contributed by atoms with Crippen LogP contribution in [-0.4, -0.2) is 12.0 Å². The molecule has 1 aromatic carbocycles. The highest BCUT2D eigenvalue weighted by Crippen LogP contribution is 2.23. The molecule has 0 heterocycles. The van der Waals surface area contributed by atoms with Crippen molar-refractivity contribution in [1.82, 2.24) is 5.32 Å². The molecule has 1 N–H and O–H groups in total. The van der Waals surface area contributed by atoms with Crippen LogP contribution in [0.3, 0.4) is 0 Å². The summed E-state index contributed by atoms with van der Waals surface area (Å²) in [5, 5.41) is 2.92. The van der Waals surface area contributed by atoms with Gasteiger partial charge in [-0.2, -0.15) is 0 Å². The topological polar surface area (TPSA) is 38.3 Å². The molecule has 0 radical (unpaired) electrons. The lowest BCUT2D eigenvalue weighted by molar-refractivity contribution is 0.0948. The van der Waals surface area contributed by atoms with Gasteiger partial charge in [-0.3, -0.25) is 4.79 Å². The molecule has 3 nitrogen and oxygen atoms in total. The molecule has 0 aliphatic heterocycles. The zero-order valence-electron chi connectivity index (χ0n) is 13.2. The molecule has 0 unspecified atom stereocenters. The van der Waals surface area contributed by atoms with Gasteiger partial charge in [0.15, 0.2) is 0 Å². The molecule has 3 heteroatoms. The molecule has 0 atom stereocenters. The van der Waals surface area contributed by atoms with Crippen molar-refractivity contribution in [3.63, 3.8) is 0 Å². The maximum atomic E-state index is 12.2. The Hall–Kier alpha value is -1.77. The molecule has 1 aliphatic carbocycles. The Morgan fingerprint density at radius 3 is 2.38 bits per heavy atom. The second-order valence-corrected chi connectivity index (χ2v) is 5.71. The minimum Gasteiger partial charge on any atom is -0.493 e. The molecule has 114 valence electrons. The standard InChI is InChI=1S/C18H25NO2/c1-4-15-9-11-16(12-10-15)18(20)19-13(2)14(3)21-17-7-5-6-8-17/h9-12,17H,4-8H2,1-3H3,(H,19,20)/b14-13-. The Kier molecular flexibility index (Phi) is 5.43. The van der Waals surface area contributed by atoms with Gasteiger partial charge in [0.25, 0.3) is 5.91 Å². The van der Waals surface area contributed by atoms with E-state index in [-0.39, 0.29) is 5.91 Å². The quantitative estimate of drug-likeness (QED) is 0.825. The smallest absolute Gasteiger partial charge is 0.255 e. The van der Waals surface area contributed by atoms with Gasteiger partial charge in [0.1, 0.15) is 5.76 Å². The Morgan fingerprint density at radius 2 is 1.81 bits per heavy atom. The van der Waals surface area contributed by atoms with E-state index >= 15 is 0 Å². The number of amides is 1. The van der Waals surface area contributed by atoms with Gasteiger partial charge in [-0.15, -0.1) is 0 Å². The van der Waals surface area contributed by atoms with Crippen molar-refractivity contribution in [3.05, 3.63) is 46.8 Å². The fourth-order valence-electron chi connectivity index (χ4n) is 2.57. The average Bonchev–Trinajstić information content (AvgIpc) is 3.00. The van der Waals surface area contributed by atoms with Crippen molar-refractivity contribution in [2.45, 2.75) is 59.0 Å². The predicted octanol–water partition coefficient (Wildman–Crippen LogP) is 4.19. The van der Waals surface area contributed by atoms with E-state index in [4.69, 9.17) is 4.74 Å². The van der Waals surface area contributed by atoms with E-state index in [0.717, 1.165) is 30.7 Å². The van der Waals surface area contributed by atoms with Crippen LogP contribution in [0.25, 0.3) is 0 Å². The number of allylic oxidation sites excluding steroid dienone is 2. The highest BCUT2D eigenvalue weighted by molar-refractivity contribution is 5.95. The normalized spacial score (nSPS) is 16.5. The minimum atomic E-state index is -0.0791. The van der Waals surface area contributed by atoms with Crippen LogP contribution in [0.4, 0.5) is 0 Å². The molecule has 1 saturated carbocycles. The molecule has 0 spiro atoms. The zero-order chi connectivity index (χ0) is 15.2. The molecule has 0 aromatic heterocycles. The summed E-state index contributed by atoms with van der Waals surface area (Å²) in [6.45, 7) is 5.92. The van der Waals surface area contributed by atoms with Crippen LogP contribution >= 0.6 is 0 Å².